The Kier molecular flexibility index (Phi) is 11.2. The van der Waals surface area contributed by atoms with Crippen LogP contribution in [-0.2, 0) is 0 Å². The fraction of sp³-hybridized carbons (Fsp3) is 0.533. The Morgan fingerprint density at radius 2 is 1.11 bits per heavy atom. The number of nitrogens with zero attached hydrogens (tertiary/aromatic N) is 2. The van der Waals surface area contributed by atoms with Crippen LogP contribution in [0, 0.1) is 0 Å². The minimum absolute atomic E-state index is 0.611. The van der Waals surface area contributed by atoms with Crippen LogP contribution in [0.2, 0.25) is 0 Å². The molecule has 3 aromatic heterocycles. The van der Waals surface area contributed by atoms with Crippen molar-refractivity contribution in [3.8, 4) is 20.9 Å². The van der Waals surface area contributed by atoms with Gasteiger partial charge in [0.05, 0.1) is 19.3 Å². The van der Waals surface area contributed by atoms with Gasteiger partial charge in [-0.2, -0.15) is 8.75 Å². The van der Waals surface area contributed by atoms with Crippen molar-refractivity contribution in [3.05, 3.63) is 43.0 Å². The van der Waals surface area contributed by atoms with Crippen molar-refractivity contribution in [2.45, 2.75) is 104 Å². The van der Waals surface area contributed by atoms with Crippen LogP contribution < -0.4 is 0 Å². The van der Waals surface area contributed by atoms with E-state index in [2.05, 4.69) is 83.8 Å². The summed E-state index contributed by atoms with van der Waals surface area (Å²) in [6.45, 7) is 9.19. The van der Waals surface area contributed by atoms with Gasteiger partial charge >= 0.3 is 0 Å². The predicted molar refractivity (Wildman–Crippen MR) is 174 cm³/mol. The number of unbranched alkanes of at least 4 members (excludes halogenated alkanes) is 4. The summed E-state index contributed by atoms with van der Waals surface area (Å²) in [6.07, 6.45) is 12.7. The number of aromatic nitrogens is 2. The topological polar surface area (TPSA) is 25.8 Å². The molecule has 2 unspecified atom stereocenters. The average Bonchev–Trinajstić information content (AvgIpc) is 3.63. The van der Waals surface area contributed by atoms with E-state index < -0.39 is 0 Å². The lowest BCUT2D eigenvalue weighted by Gasteiger charge is -2.14. The van der Waals surface area contributed by atoms with Gasteiger partial charge in [-0.1, -0.05) is 78.4 Å². The van der Waals surface area contributed by atoms with Crippen LogP contribution in [0.3, 0.4) is 0 Å². The lowest BCUT2D eigenvalue weighted by molar-refractivity contribution is 0.553. The van der Waals surface area contributed by atoms with E-state index in [-0.39, 0.29) is 0 Å². The average molecular weight is 683 g/mol. The molecule has 0 spiro atoms. The second-order valence-electron chi connectivity index (χ2n) is 10.0. The van der Waals surface area contributed by atoms with Crippen LogP contribution in [0.4, 0.5) is 0 Å². The first-order valence-corrected chi connectivity index (χ1v) is 17.8. The SMILES string of the molecule is CCCCCC(CC)c1cc(-c2ccc(-c3cc(C(CC)CCCCC)c(Br)s3)c3nsnc23)sc1Br. The molecule has 1 aromatic carbocycles. The summed E-state index contributed by atoms with van der Waals surface area (Å²) in [7, 11) is 0. The molecule has 0 aliphatic rings. The highest BCUT2D eigenvalue weighted by atomic mass is 79.9. The van der Waals surface area contributed by atoms with E-state index in [0.717, 1.165) is 11.0 Å². The largest absolute Gasteiger partial charge is 0.172 e. The Balaban J connectivity index is 1.66. The highest BCUT2D eigenvalue weighted by Crippen LogP contribution is 2.46. The summed E-state index contributed by atoms with van der Waals surface area (Å²) in [6, 6.07) is 9.35. The third-order valence-corrected chi connectivity index (χ3v) is 11.9. The van der Waals surface area contributed by atoms with Gasteiger partial charge in [-0.15, -0.1) is 22.7 Å². The van der Waals surface area contributed by atoms with Gasteiger partial charge in [0.25, 0.3) is 0 Å². The molecule has 0 fully saturated rings. The van der Waals surface area contributed by atoms with Gasteiger partial charge in [-0.3, -0.25) is 0 Å². The zero-order chi connectivity index (χ0) is 26.4. The number of benzene rings is 1. The van der Waals surface area contributed by atoms with Gasteiger partial charge in [0.15, 0.2) is 0 Å². The maximum Gasteiger partial charge on any atom is 0.114 e. The Morgan fingerprint density at radius 1 is 0.676 bits per heavy atom. The molecule has 0 aliphatic heterocycles. The van der Waals surface area contributed by atoms with E-state index in [4.69, 9.17) is 8.75 Å². The molecule has 0 saturated heterocycles. The van der Waals surface area contributed by atoms with E-state index in [1.807, 2.05) is 22.7 Å². The van der Waals surface area contributed by atoms with Crippen molar-refractivity contribution in [3.63, 3.8) is 0 Å². The molecule has 7 heteroatoms. The lowest BCUT2D eigenvalue weighted by Crippen LogP contribution is -1.96. The highest BCUT2D eigenvalue weighted by Gasteiger charge is 2.22. The minimum atomic E-state index is 0.611. The molecular weight excluding hydrogens is 644 g/mol. The summed E-state index contributed by atoms with van der Waals surface area (Å²) >= 11 is 12.8. The van der Waals surface area contributed by atoms with Gasteiger partial charge in [0, 0.05) is 20.9 Å². The molecule has 0 saturated carbocycles. The van der Waals surface area contributed by atoms with Gasteiger partial charge in [-0.25, -0.2) is 0 Å². The predicted octanol–water partition coefficient (Wildman–Crippen LogP) is 12.8. The Hall–Kier alpha value is -0.600. The van der Waals surface area contributed by atoms with Crippen LogP contribution in [-0.4, -0.2) is 8.75 Å². The molecule has 37 heavy (non-hydrogen) atoms. The molecule has 2 atom stereocenters. The molecule has 4 aromatic rings. The van der Waals surface area contributed by atoms with Gasteiger partial charge in [0.1, 0.15) is 11.0 Å². The molecule has 0 aliphatic carbocycles. The Morgan fingerprint density at radius 3 is 1.49 bits per heavy atom. The van der Waals surface area contributed by atoms with Gasteiger partial charge in [0.2, 0.25) is 0 Å². The number of hydrogen-bond acceptors (Lipinski definition) is 5. The summed E-state index contributed by atoms with van der Waals surface area (Å²) in [4.78, 5) is 2.57. The molecule has 0 amide bonds. The molecule has 3 heterocycles. The third-order valence-electron chi connectivity index (χ3n) is 7.55. The number of fused-ring (bicyclic) bond motifs is 1. The maximum atomic E-state index is 4.79. The number of rotatable bonds is 14. The van der Waals surface area contributed by atoms with Crippen LogP contribution >= 0.6 is 66.3 Å². The second-order valence-corrected chi connectivity index (χ2v) is 15.3. The first-order chi connectivity index (χ1) is 18.0. The van der Waals surface area contributed by atoms with Crippen LogP contribution in [0.15, 0.2) is 31.8 Å². The molecule has 0 radical (unpaired) electrons. The van der Waals surface area contributed by atoms with Crippen molar-refractivity contribution in [1.82, 2.24) is 8.75 Å². The van der Waals surface area contributed by atoms with Crippen LogP contribution in [0.25, 0.3) is 31.9 Å². The quantitative estimate of drug-likeness (QED) is 0.124. The van der Waals surface area contributed by atoms with Gasteiger partial charge < -0.3 is 0 Å². The molecule has 2 nitrogen and oxygen atoms in total. The van der Waals surface area contributed by atoms with Crippen LogP contribution in [0.5, 0.6) is 0 Å². The molecule has 200 valence electrons. The summed E-state index contributed by atoms with van der Waals surface area (Å²) < 4.78 is 12.1. The smallest absolute Gasteiger partial charge is 0.114 e. The molecule has 0 bridgehead atoms. The van der Waals surface area contributed by atoms with Crippen molar-refractivity contribution >= 4 is 77.3 Å². The molecular formula is C30H38Br2N2S3. The third kappa shape index (κ3) is 6.77. The monoisotopic (exact) mass is 680 g/mol. The molecule has 0 N–H and O–H groups in total. The number of thiophene rings is 2. The summed E-state index contributed by atoms with van der Waals surface area (Å²) in [5, 5.41) is 0. The zero-order valence-corrected chi connectivity index (χ0v) is 28.0. The highest BCUT2D eigenvalue weighted by molar-refractivity contribution is 9.11. The van der Waals surface area contributed by atoms with Crippen molar-refractivity contribution in [1.29, 1.82) is 0 Å². The second kappa shape index (κ2) is 14.2. The van der Waals surface area contributed by atoms with Crippen molar-refractivity contribution < 1.29 is 0 Å². The molecule has 4 rings (SSSR count). The number of halogens is 2. The minimum Gasteiger partial charge on any atom is -0.172 e. The van der Waals surface area contributed by atoms with Crippen molar-refractivity contribution in [2.24, 2.45) is 0 Å². The van der Waals surface area contributed by atoms with Crippen molar-refractivity contribution in [2.75, 3.05) is 0 Å². The fourth-order valence-electron chi connectivity index (χ4n) is 5.29. The maximum absolute atomic E-state index is 4.79. The first-order valence-electron chi connectivity index (χ1n) is 13.9. The number of hydrogen-bond donors (Lipinski definition) is 0. The Bertz CT molecular complexity index is 1190. The van der Waals surface area contributed by atoms with Gasteiger partial charge in [-0.05, 0) is 92.6 Å². The normalized spacial score (nSPS) is 13.5. The van der Waals surface area contributed by atoms with Crippen LogP contribution in [0.1, 0.15) is 115 Å². The lowest BCUT2D eigenvalue weighted by atomic mass is 9.92. The first kappa shape index (κ1) is 29.4. The standard InChI is InChI=1S/C30H38Br2N2S3/c1-5-9-11-13-19(7-3)23-17-25(35-29(23)31)21-15-16-22(28-27(21)33-37-34-28)26-18-24(30(32)36-26)20(8-4)14-12-10-6-2/h15-20H,5-14H2,1-4H3. The van der Waals surface area contributed by atoms with E-state index in [9.17, 15) is 0 Å². The van der Waals surface area contributed by atoms with E-state index in [1.165, 1.54) is 116 Å². The van der Waals surface area contributed by atoms with E-state index in [0.29, 0.717) is 11.8 Å². The summed E-state index contributed by atoms with van der Waals surface area (Å²) in [5.41, 5.74) is 7.38. The summed E-state index contributed by atoms with van der Waals surface area (Å²) in [5.74, 6) is 1.22. The van der Waals surface area contributed by atoms with E-state index >= 15 is 0 Å². The fourth-order valence-corrected chi connectivity index (χ4v) is 9.78. The van der Waals surface area contributed by atoms with E-state index in [1.54, 1.807) is 0 Å². The zero-order valence-electron chi connectivity index (χ0n) is 22.4. The Labute approximate surface area is 251 Å².